The first-order chi connectivity index (χ1) is 13.7. The Labute approximate surface area is 188 Å². The summed E-state index contributed by atoms with van der Waals surface area (Å²) < 4.78 is 25.4. The lowest BCUT2D eigenvalue weighted by molar-refractivity contribution is 0.0676. The Morgan fingerprint density at radius 1 is 1.31 bits per heavy atom. The predicted molar refractivity (Wildman–Crippen MR) is 122 cm³/mol. The maximum absolute atomic E-state index is 13.7. The zero-order chi connectivity index (χ0) is 19.8. The number of nitrogens with one attached hydrogen (secondary N) is 2. The van der Waals surface area contributed by atoms with Gasteiger partial charge in [-0.1, -0.05) is 12.1 Å². The molecule has 0 spiro atoms. The van der Waals surface area contributed by atoms with E-state index in [2.05, 4.69) is 26.7 Å². The Morgan fingerprint density at radius 2 is 2.14 bits per heavy atom. The average Bonchev–Trinajstić information content (AvgIpc) is 3.22. The van der Waals surface area contributed by atoms with E-state index in [9.17, 15) is 4.39 Å². The van der Waals surface area contributed by atoms with Crippen molar-refractivity contribution < 1.29 is 13.9 Å². The second kappa shape index (κ2) is 11.9. The van der Waals surface area contributed by atoms with Gasteiger partial charge in [0, 0.05) is 32.0 Å². The van der Waals surface area contributed by atoms with Crippen molar-refractivity contribution in [2.24, 2.45) is 4.99 Å². The molecule has 2 N–H and O–H groups in total. The van der Waals surface area contributed by atoms with Gasteiger partial charge in [0.05, 0.1) is 18.3 Å². The molecule has 0 radical (unpaired) electrons. The highest BCUT2D eigenvalue weighted by Gasteiger charge is 2.17. The molecule has 29 heavy (non-hydrogen) atoms. The van der Waals surface area contributed by atoms with Crippen LogP contribution < -0.4 is 15.4 Å². The fourth-order valence-electron chi connectivity index (χ4n) is 3.02. The summed E-state index contributed by atoms with van der Waals surface area (Å²) in [4.78, 5) is 8.22. The van der Waals surface area contributed by atoms with Crippen molar-refractivity contribution in [2.75, 3.05) is 20.3 Å². The Kier molecular flexibility index (Phi) is 9.59. The molecular formula is C21H28FIN4O2. The highest BCUT2D eigenvalue weighted by molar-refractivity contribution is 14.0. The lowest BCUT2D eigenvalue weighted by atomic mass is 10.1. The van der Waals surface area contributed by atoms with E-state index in [1.54, 1.807) is 19.3 Å². The van der Waals surface area contributed by atoms with Crippen LogP contribution in [0.4, 0.5) is 4.39 Å². The number of pyridine rings is 1. The number of rotatable bonds is 7. The number of aliphatic imine (C=N–C) groups is 1. The Balaban J connectivity index is 0.00000300. The molecule has 1 aliphatic rings. The van der Waals surface area contributed by atoms with Gasteiger partial charge in [0.2, 0.25) is 0 Å². The van der Waals surface area contributed by atoms with Crippen LogP contribution in [-0.4, -0.2) is 37.3 Å². The molecule has 1 aromatic carbocycles. The summed E-state index contributed by atoms with van der Waals surface area (Å²) in [5, 5.41) is 6.32. The van der Waals surface area contributed by atoms with Crippen LogP contribution in [0.25, 0.3) is 0 Å². The van der Waals surface area contributed by atoms with E-state index in [1.165, 1.54) is 6.07 Å². The van der Waals surface area contributed by atoms with Crippen molar-refractivity contribution in [2.45, 2.75) is 39.0 Å². The van der Waals surface area contributed by atoms with E-state index in [4.69, 9.17) is 9.47 Å². The van der Waals surface area contributed by atoms with Crippen molar-refractivity contribution in [3.05, 3.63) is 59.2 Å². The van der Waals surface area contributed by atoms with Gasteiger partial charge < -0.3 is 20.1 Å². The number of aromatic nitrogens is 1. The molecule has 6 nitrogen and oxygen atoms in total. The SMILES string of the molecule is CN=C(NCc1ccc(C)cc1OCC1CCCO1)NCc1ncccc1F.I. The molecule has 1 fully saturated rings. The third kappa shape index (κ3) is 7.11. The molecule has 158 valence electrons. The van der Waals surface area contributed by atoms with Crippen molar-refractivity contribution in [1.82, 2.24) is 15.6 Å². The number of aryl methyl sites for hydroxylation is 1. The summed E-state index contributed by atoms with van der Waals surface area (Å²) in [5.41, 5.74) is 2.51. The third-order valence-electron chi connectivity index (χ3n) is 4.60. The minimum atomic E-state index is -0.339. The number of hydrogen-bond donors (Lipinski definition) is 2. The normalized spacial score (nSPS) is 16.2. The molecule has 1 atom stereocenters. The molecule has 0 amide bonds. The number of nitrogens with zero attached hydrogens (tertiary/aromatic N) is 2. The van der Waals surface area contributed by atoms with Crippen LogP contribution >= 0.6 is 24.0 Å². The highest BCUT2D eigenvalue weighted by atomic mass is 127. The summed E-state index contributed by atoms with van der Waals surface area (Å²) in [6.45, 7) is 4.20. The minimum absolute atomic E-state index is 0. The third-order valence-corrected chi connectivity index (χ3v) is 4.60. The van der Waals surface area contributed by atoms with Crippen LogP contribution in [0.2, 0.25) is 0 Å². The second-order valence-corrected chi connectivity index (χ2v) is 6.77. The van der Waals surface area contributed by atoms with Gasteiger partial charge in [-0.15, -0.1) is 24.0 Å². The van der Waals surface area contributed by atoms with E-state index in [0.29, 0.717) is 24.8 Å². The van der Waals surface area contributed by atoms with Gasteiger partial charge >= 0.3 is 0 Å². The number of halogens is 2. The van der Waals surface area contributed by atoms with Crippen LogP contribution in [0.3, 0.4) is 0 Å². The highest BCUT2D eigenvalue weighted by Crippen LogP contribution is 2.22. The molecule has 1 saturated heterocycles. The molecule has 0 saturated carbocycles. The predicted octanol–water partition coefficient (Wildman–Crippen LogP) is 3.57. The van der Waals surface area contributed by atoms with E-state index in [0.717, 1.165) is 36.3 Å². The van der Waals surface area contributed by atoms with Gasteiger partial charge in [-0.3, -0.25) is 9.98 Å². The van der Waals surface area contributed by atoms with E-state index in [-0.39, 0.29) is 42.4 Å². The topological polar surface area (TPSA) is 67.8 Å². The fourth-order valence-corrected chi connectivity index (χ4v) is 3.02. The molecule has 2 heterocycles. The maximum Gasteiger partial charge on any atom is 0.191 e. The maximum atomic E-state index is 13.7. The monoisotopic (exact) mass is 514 g/mol. The van der Waals surface area contributed by atoms with Gasteiger partial charge in [-0.05, 0) is 43.5 Å². The standard InChI is InChI=1S/C21H27FN4O2.HI/c1-15-7-8-16(20(11-15)28-14-17-5-4-10-27-17)12-25-21(23-2)26-13-19-18(22)6-3-9-24-19;/h3,6-9,11,17H,4-5,10,12-14H2,1-2H3,(H2,23,25,26);1H. The van der Waals surface area contributed by atoms with Gasteiger partial charge in [-0.25, -0.2) is 4.39 Å². The van der Waals surface area contributed by atoms with Crippen molar-refractivity contribution in [3.63, 3.8) is 0 Å². The Morgan fingerprint density at radius 3 is 2.86 bits per heavy atom. The number of benzene rings is 1. The zero-order valence-corrected chi connectivity index (χ0v) is 19.1. The molecule has 1 aromatic heterocycles. The Bertz CT molecular complexity index is 813. The fraction of sp³-hybridized carbons (Fsp3) is 0.429. The summed E-state index contributed by atoms with van der Waals surface area (Å²) in [6.07, 6.45) is 3.87. The first kappa shape index (κ1) is 23.3. The van der Waals surface area contributed by atoms with Gasteiger partial charge in [0.15, 0.2) is 5.96 Å². The summed E-state index contributed by atoms with van der Waals surface area (Å²) in [5.74, 6) is 1.07. The van der Waals surface area contributed by atoms with Crippen molar-refractivity contribution >= 4 is 29.9 Å². The molecule has 1 unspecified atom stereocenters. The minimum Gasteiger partial charge on any atom is -0.491 e. The van der Waals surface area contributed by atoms with E-state index < -0.39 is 0 Å². The smallest absolute Gasteiger partial charge is 0.191 e. The van der Waals surface area contributed by atoms with Gasteiger partial charge in [-0.2, -0.15) is 0 Å². The van der Waals surface area contributed by atoms with Crippen molar-refractivity contribution in [3.8, 4) is 5.75 Å². The van der Waals surface area contributed by atoms with Crippen molar-refractivity contribution in [1.29, 1.82) is 0 Å². The molecule has 2 aromatic rings. The van der Waals surface area contributed by atoms with E-state index >= 15 is 0 Å². The first-order valence-corrected chi connectivity index (χ1v) is 9.53. The van der Waals surface area contributed by atoms with Crippen LogP contribution in [-0.2, 0) is 17.8 Å². The molecule has 8 heteroatoms. The van der Waals surface area contributed by atoms with Crippen LogP contribution in [0.15, 0.2) is 41.5 Å². The van der Waals surface area contributed by atoms with E-state index in [1.807, 2.05) is 19.1 Å². The molecule has 0 aliphatic carbocycles. The summed E-state index contributed by atoms with van der Waals surface area (Å²) >= 11 is 0. The van der Waals surface area contributed by atoms with Crippen LogP contribution in [0.5, 0.6) is 5.75 Å². The largest absolute Gasteiger partial charge is 0.491 e. The van der Waals surface area contributed by atoms with Gasteiger partial charge in [0.25, 0.3) is 0 Å². The quantitative estimate of drug-likeness (QED) is 0.336. The summed E-state index contributed by atoms with van der Waals surface area (Å²) in [6, 6.07) is 9.09. The number of guanidine groups is 1. The number of hydrogen-bond acceptors (Lipinski definition) is 4. The summed E-state index contributed by atoms with van der Waals surface area (Å²) in [7, 11) is 1.67. The van der Waals surface area contributed by atoms with Crippen LogP contribution in [0, 0.1) is 12.7 Å². The molecule has 3 rings (SSSR count). The number of ether oxygens (including phenoxy) is 2. The van der Waals surface area contributed by atoms with Gasteiger partial charge in [0.1, 0.15) is 18.2 Å². The molecular weight excluding hydrogens is 486 g/mol. The Hall–Kier alpha value is -1.94. The lowest BCUT2D eigenvalue weighted by Crippen LogP contribution is -2.36. The molecule has 0 bridgehead atoms. The van der Waals surface area contributed by atoms with Crippen LogP contribution in [0.1, 0.15) is 29.7 Å². The average molecular weight is 514 g/mol. The lowest BCUT2D eigenvalue weighted by Gasteiger charge is -2.17. The zero-order valence-electron chi connectivity index (χ0n) is 16.8. The molecule has 1 aliphatic heterocycles. The second-order valence-electron chi connectivity index (χ2n) is 6.77. The first-order valence-electron chi connectivity index (χ1n) is 9.53.